The molecular formula is C25H32N4O3. The fraction of sp³-hybridized carbons (Fsp3) is 0.440. The molecule has 0 bridgehead atoms. The number of benzene rings is 1. The van der Waals surface area contributed by atoms with Crippen LogP contribution in [0.4, 0.5) is 5.82 Å². The van der Waals surface area contributed by atoms with Crippen molar-refractivity contribution in [2.24, 2.45) is 0 Å². The normalized spacial score (nSPS) is 21.7. The van der Waals surface area contributed by atoms with Crippen molar-refractivity contribution >= 4 is 17.8 Å². The number of amides is 1. The lowest BCUT2D eigenvalue weighted by Gasteiger charge is -2.21. The summed E-state index contributed by atoms with van der Waals surface area (Å²) in [6, 6.07) is 13.0. The van der Waals surface area contributed by atoms with Gasteiger partial charge in [-0.1, -0.05) is 29.8 Å². The smallest absolute Gasteiger partial charge is 0.267 e. The van der Waals surface area contributed by atoms with Crippen LogP contribution in [0.3, 0.4) is 0 Å². The zero-order valence-electron chi connectivity index (χ0n) is 18.6. The van der Waals surface area contributed by atoms with E-state index in [0.29, 0.717) is 12.6 Å². The molecule has 2 N–H and O–H groups in total. The highest BCUT2D eigenvalue weighted by Gasteiger charge is 2.22. The molecule has 1 aromatic heterocycles. The number of pyridine rings is 1. The molecule has 2 atom stereocenters. The molecule has 2 saturated heterocycles. The minimum atomic E-state index is -0.350. The Kier molecular flexibility index (Phi) is 7.87. The van der Waals surface area contributed by atoms with Gasteiger partial charge in [0.2, 0.25) is 0 Å². The van der Waals surface area contributed by atoms with Gasteiger partial charge in [0.25, 0.3) is 5.91 Å². The van der Waals surface area contributed by atoms with E-state index in [1.54, 1.807) is 12.3 Å². The lowest BCUT2D eigenvalue weighted by atomic mass is 10.1. The summed E-state index contributed by atoms with van der Waals surface area (Å²) in [5, 5.41) is 3.52. The van der Waals surface area contributed by atoms with Crippen LogP contribution in [0.15, 0.2) is 48.7 Å². The number of hydrogen-bond donors (Lipinski definition) is 2. The highest BCUT2D eigenvalue weighted by atomic mass is 16.8. The number of likely N-dealkylation sites (tertiary alicyclic amines) is 1. The second kappa shape index (κ2) is 11.2. The summed E-state index contributed by atoms with van der Waals surface area (Å²) in [6.07, 6.45) is 8.55. The Balaban J connectivity index is 1.19. The average molecular weight is 437 g/mol. The summed E-state index contributed by atoms with van der Waals surface area (Å²) < 4.78 is 5.42. The highest BCUT2D eigenvalue weighted by Crippen LogP contribution is 2.18. The molecule has 170 valence electrons. The number of aromatic nitrogens is 1. The van der Waals surface area contributed by atoms with Gasteiger partial charge in [-0.3, -0.25) is 9.69 Å². The predicted octanol–water partition coefficient (Wildman–Crippen LogP) is 3.66. The van der Waals surface area contributed by atoms with Gasteiger partial charge in [-0.05, 0) is 55.5 Å². The number of hydrogen-bond acceptors (Lipinski definition) is 6. The molecule has 2 aliphatic heterocycles. The molecule has 4 rings (SSSR count). The van der Waals surface area contributed by atoms with Gasteiger partial charge in [-0.15, -0.1) is 0 Å². The van der Waals surface area contributed by atoms with Crippen LogP contribution in [-0.2, 0) is 20.9 Å². The summed E-state index contributed by atoms with van der Waals surface area (Å²) in [6.45, 7) is 5.85. The van der Waals surface area contributed by atoms with E-state index in [-0.39, 0.29) is 12.2 Å². The SMILES string of the molecule is Cc1ccc(CN2CC[C@@H](Nc3ccc(C=CC(=O)NOC4CCCCO4)cn3)C2)cc1. The van der Waals surface area contributed by atoms with Crippen molar-refractivity contribution in [2.75, 3.05) is 25.0 Å². The van der Waals surface area contributed by atoms with E-state index in [4.69, 9.17) is 9.57 Å². The molecule has 0 spiro atoms. The van der Waals surface area contributed by atoms with E-state index in [1.165, 1.54) is 17.2 Å². The van der Waals surface area contributed by atoms with E-state index in [9.17, 15) is 4.79 Å². The molecule has 2 aliphatic rings. The van der Waals surface area contributed by atoms with Gasteiger partial charge in [0.15, 0.2) is 6.29 Å². The lowest BCUT2D eigenvalue weighted by molar-refractivity contribution is -0.198. The Morgan fingerprint density at radius 2 is 2.09 bits per heavy atom. The molecule has 2 aromatic rings. The second-order valence-electron chi connectivity index (χ2n) is 8.54. The maximum absolute atomic E-state index is 11.9. The van der Waals surface area contributed by atoms with Crippen molar-refractivity contribution in [1.29, 1.82) is 0 Å². The van der Waals surface area contributed by atoms with E-state index in [0.717, 1.165) is 56.7 Å². The van der Waals surface area contributed by atoms with Crippen molar-refractivity contribution in [3.8, 4) is 0 Å². The number of ether oxygens (including phenoxy) is 1. The summed E-state index contributed by atoms with van der Waals surface area (Å²) in [7, 11) is 0. The molecule has 2 fully saturated rings. The molecular weight excluding hydrogens is 404 g/mol. The summed E-state index contributed by atoms with van der Waals surface area (Å²) in [5.74, 6) is 0.535. The van der Waals surface area contributed by atoms with Crippen molar-refractivity contribution in [1.82, 2.24) is 15.4 Å². The second-order valence-corrected chi connectivity index (χ2v) is 8.54. The van der Waals surface area contributed by atoms with Crippen molar-refractivity contribution in [3.63, 3.8) is 0 Å². The third-order valence-electron chi connectivity index (χ3n) is 5.79. The number of hydroxylamine groups is 1. The first kappa shape index (κ1) is 22.5. The molecule has 7 heteroatoms. The number of nitrogens with zero attached hydrogens (tertiary/aromatic N) is 2. The Bertz CT molecular complexity index is 892. The summed E-state index contributed by atoms with van der Waals surface area (Å²) >= 11 is 0. The van der Waals surface area contributed by atoms with Crippen LogP contribution in [0.1, 0.15) is 42.4 Å². The largest absolute Gasteiger partial charge is 0.366 e. The van der Waals surface area contributed by atoms with Crippen LogP contribution in [0.25, 0.3) is 6.08 Å². The van der Waals surface area contributed by atoms with Gasteiger partial charge >= 0.3 is 0 Å². The zero-order chi connectivity index (χ0) is 22.2. The number of carbonyl (C=O) groups is 1. The Morgan fingerprint density at radius 1 is 1.22 bits per heavy atom. The van der Waals surface area contributed by atoms with Gasteiger partial charge in [-0.25, -0.2) is 15.3 Å². The molecule has 0 saturated carbocycles. The third kappa shape index (κ3) is 6.88. The van der Waals surface area contributed by atoms with Crippen LogP contribution in [0.5, 0.6) is 0 Å². The predicted molar refractivity (Wildman–Crippen MR) is 125 cm³/mol. The number of aryl methyl sites for hydroxylation is 1. The fourth-order valence-corrected chi connectivity index (χ4v) is 3.98. The van der Waals surface area contributed by atoms with E-state index >= 15 is 0 Å². The highest BCUT2D eigenvalue weighted by molar-refractivity contribution is 5.90. The van der Waals surface area contributed by atoms with E-state index in [1.807, 2.05) is 12.1 Å². The maximum Gasteiger partial charge on any atom is 0.267 e. The van der Waals surface area contributed by atoms with E-state index < -0.39 is 0 Å². The molecule has 1 unspecified atom stereocenters. The molecule has 0 radical (unpaired) electrons. The maximum atomic E-state index is 11.9. The standard InChI is InChI=1S/C25H32N4O3/c1-19-5-7-21(8-6-19)17-29-14-13-22(18-29)27-23-11-9-20(16-26-23)10-12-24(30)28-32-25-4-2-3-15-31-25/h5-12,16,22,25H,2-4,13-15,17-18H2,1H3,(H,26,27)(H,28,30)/t22-,25?/m1/s1. The van der Waals surface area contributed by atoms with E-state index in [2.05, 4.69) is 51.9 Å². The average Bonchev–Trinajstić information content (AvgIpc) is 3.26. The number of anilines is 1. The number of nitrogens with one attached hydrogen (secondary N) is 2. The van der Waals surface area contributed by atoms with Gasteiger partial charge < -0.3 is 10.1 Å². The Hall–Kier alpha value is -2.74. The van der Waals surface area contributed by atoms with Gasteiger partial charge in [0.05, 0.1) is 0 Å². The Morgan fingerprint density at radius 3 is 2.84 bits per heavy atom. The molecule has 32 heavy (non-hydrogen) atoms. The monoisotopic (exact) mass is 436 g/mol. The lowest BCUT2D eigenvalue weighted by Crippen LogP contribution is -2.32. The molecule has 1 amide bonds. The third-order valence-corrected chi connectivity index (χ3v) is 5.79. The van der Waals surface area contributed by atoms with Crippen molar-refractivity contribution < 1.29 is 14.4 Å². The topological polar surface area (TPSA) is 75.7 Å². The van der Waals surface area contributed by atoms with Crippen LogP contribution in [-0.4, -0.2) is 47.8 Å². The van der Waals surface area contributed by atoms with Crippen LogP contribution < -0.4 is 10.8 Å². The van der Waals surface area contributed by atoms with Crippen LogP contribution in [0.2, 0.25) is 0 Å². The first-order chi connectivity index (χ1) is 15.6. The summed E-state index contributed by atoms with van der Waals surface area (Å²) in [4.78, 5) is 24.2. The van der Waals surface area contributed by atoms with Gasteiger partial charge in [-0.2, -0.15) is 0 Å². The first-order valence-electron chi connectivity index (χ1n) is 11.4. The number of carbonyl (C=O) groups excluding carboxylic acids is 1. The zero-order valence-corrected chi connectivity index (χ0v) is 18.6. The van der Waals surface area contributed by atoms with Crippen molar-refractivity contribution in [2.45, 2.75) is 51.5 Å². The van der Waals surface area contributed by atoms with Crippen molar-refractivity contribution in [3.05, 3.63) is 65.4 Å². The van der Waals surface area contributed by atoms with Gasteiger partial charge in [0, 0.05) is 51.0 Å². The molecule has 3 heterocycles. The number of rotatable bonds is 8. The summed E-state index contributed by atoms with van der Waals surface area (Å²) in [5.41, 5.74) is 5.92. The molecule has 1 aromatic carbocycles. The van der Waals surface area contributed by atoms with Crippen LogP contribution in [0, 0.1) is 6.92 Å². The quantitative estimate of drug-likeness (QED) is 0.486. The van der Waals surface area contributed by atoms with Gasteiger partial charge in [0.1, 0.15) is 5.82 Å². The Labute approximate surface area is 189 Å². The fourth-order valence-electron chi connectivity index (χ4n) is 3.98. The molecule has 0 aliphatic carbocycles. The minimum absolute atomic E-state index is 0.319. The molecule has 7 nitrogen and oxygen atoms in total. The minimum Gasteiger partial charge on any atom is -0.366 e. The first-order valence-corrected chi connectivity index (χ1v) is 11.4. The van der Waals surface area contributed by atoms with Crippen LogP contribution >= 0.6 is 0 Å².